The Kier molecular flexibility index (Phi) is 6.11. The number of rotatable bonds is 3. The van der Waals surface area contributed by atoms with Gasteiger partial charge in [0.25, 0.3) is 0 Å². The highest BCUT2D eigenvalue weighted by Gasteiger charge is 2.28. The third kappa shape index (κ3) is 6.28. The van der Waals surface area contributed by atoms with Gasteiger partial charge in [0, 0.05) is 13.1 Å². The predicted molar refractivity (Wildman–Crippen MR) is 78.0 cm³/mol. The van der Waals surface area contributed by atoms with Gasteiger partial charge in [-0.25, -0.2) is 4.79 Å². The fraction of sp³-hybridized carbons (Fsp3) is 0.933. The van der Waals surface area contributed by atoms with Crippen molar-refractivity contribution in [1.29, 1.82) is 0 Å². The largest absolute Gasteiger partial charge is 0.444 e. The van der Waals surface area contributed by atoms with Crippen molar-refractivity contribution < 1.29 is 9.53 Å². The van der Waals surface area contributed by atoms with Crippen molar-refractivity contribution in [3.05, 3.63) is 0 Å². The summed E-state index contributed by atoms with van der Waals surface area (Å²) in [6.45, 7) is 10.4. The maximum Gasteiger partial charge on any atom is 0.410 e. The van der Waals surface area contributed by atoms with E-state index >= 15 is 0 Å². The lowest BCUT2D eigenvalue weighted by Gasteiger charge is -2.28. The zero-order valence-electron chi connectivity index (χ0n) is 12.9. The number of hydrogen-bond donors (Lipinski definition) is 1. The summed E-state index contributed by atoms with van der Waals surface area (Å²) in [5, 5.41) is 0. The molecule has 1 rings (SSSR count). The van der Waals surface area contributed by atoms with Gasteiger partial charge in [-0.2, -0.15) is 0 Å². The maximum absolute atomic E-state index is 12.2. The summed E-state index contributed by atoms with van der Waals surface area (Å²) in [6.07, 6.45) is 4.25. The Hall–Kier alpha value is -0.770. The van der Waals surface area contributed by atoms with E-state index in [0.29, 0.717) is 11.8 Å². The standard InChI is InChI=1S/C15H30N2O2/c1-12-7-9-17(14(18)19-15(2,3)4)11-13(10-12)6-5-8-16/h12-13H,5-11,16H2,1-4H3. The molecule has 2 N–H and O–H groups in total. The van der Waals surface area contributed by atoms with Gasteiger partial charge >= 0.3 is 6.09 Å². The van der Waals surface area contributed by atoms with Gasteiger partial charge in [0.15, 0.2) is 0 Å². The molecule has 2 atom stereocenters. The minimum Gasteiger partial charge on any atom is -0.444 e. The Morgan fingerprint density at radius 1 is 1.42 bits per heavy atom. The summed E-state index contributed by atoms with van der Waals surface area (Å²) in [4.78, 5) is 14.1. The predicted octanol–water partition coefficient (Wildman–Crippen LogP) is 3.01. The van der Waals surface area contributed by atoms with Crippen LogP contribution in [0.4, 0.5) is 4.79 Å². The van der Waals surface area contributed by atoms with Gasteiger partial charge < -0.3 is 15.4 Å². The Balaban J connectivity index is 2.59. The first-order valence-corrected chi connectivity index (χ1v) is 7.50. The van der Waals surface area contributed by atoms with Gasteiger partial charge in [0.1, 0.15) is 5.60 Å². The SMILES string of the molecule is CC1CCN(C(=O)OC(C)(C)C)CC(CCCN)C1. The fourth-order valence-corrected chi connectivity index (χ4v) is 2.65. The first-order chi connectivity index (χ1) is 8.81. The Morgan fingerprint density at radius 3 is 2.68 bits per heavy atom. The van der Waals surface area contributed by atoms with Crippen LogP contribution in [-0.4, -0.2) is 36.2 Å². The van der Waals surface area contributed by atoms with Crippen LogP contribution in [0.15, 0.2) is 0 Å². The van der Waals surface area contributed by atoms with Gasteiger partial charge in [0.2, 0.25) is 0 Å². The molecule has 1 fully saturated rings. The van der Waals surface area contributed by atoms with Crippen LogP contribution >= 0.6 is 0 Å². The molecule has 0 aliphatic carbocycles. The molecule has 0 saturated carbocycles. The minimum atomic E-state index is -0.415. The molecule has 1 aliphatic rings. The molecule has 112 valence electrons. The second-order valence-corrected chi connectivity index (χ2v) is 6.85. The van der Waals surface area contributed by atoms with E-state index in [1.54, 1.807) is 0 Å². The number of hydrogen-bond acceptors (Lipinski definition) is 3. The zero-order valence-corrected chi connectivity index (χ0v) is 12.9. The highest BCUT2D eigenvalue weighted by molar-refractivity contribution is 5.68. The van der Waals surface area contributed by atoms with Crippen LogP contribution in [0, 0.1) is 11.8 Å². The van der Waals surface area contributed by atoms with E-state index in [1.807, 2.05) is 25.7 Å². The molecule has 1 amide bonds. The number of nitrogens with two attached hydrogens (primary N) is 1. The van der Waals surface area contributed by atoms with Crippen molar-refractivity contribution in [2.24, 2.45) is 17.6 Å². The molecule has 1 heterocycles. The highest BCUT2D eigenvalue weighted by Crippen LogP contribution is 2.26. The summed E-state index contributed by atoms with van der Waals surface area (Å²) < 4.78 is 5.48. The van der Waals surface area contributed by atoms with E-state index in [0.717, 1.165) is 38.9 Å². The summed E-state index contributed by atoms with van der Waals surface area (Å²) >= 11 is 0. The first-order valence-electron chi connectivity index (χ1n) is 7.50. The fourth-order valence-electron chi connectivity index (χ4n) is 2.65. The number of likely N-dealkylation sites (tertiary alicyclic amines) is 1. The Morgan fingerprint density at radius 2 is 2.11 bits per heavy atom. The van der Waals surface area contributed by atoms with Crippen molar-refractivity contribution in [3.63, 3.8) is 0 Å². The smallest absolute Gasteiger partial charge is 0.410 e. The second kappa shape index (κ2) is 7.13. The lowest BCUT2D eigenvalue weighted by Crippen LogP contribution is -2.39. The van der Waals surface area contributed by atoms with Crippen LogP contribution in [0.2, 0.25) is 0 Å². The molecule has 1 saturated heterocycles. The summed E-state index contributed by atoms with van der Waals surface area (Å²) in [6, 6.07) is 0. The summed E-state index contributed by atoms with van der Waals surface area (Å²) in [7, 11) is 0. The molecule has 4 nitrogen and oxygen atoms in total. The van der Waals surface area contributed by atoms with Crippen molar-refractivity contribution in [2.45, 2.75) is 59.0 Å². The average Bonchev–Trinajstić information content (AvgIpc) is 2.46. The molecular formula is C15H30N2O2. The Labute approximate surface area is 117 Å². The van der Waals surface area contributed by atoms with E-state index in [4.69, 9.17) is 10.5 Å². The molecule has 0 aromatic carbocycles. The van der Waals surface area contributed by atoms with Crippen molar-refractivity contribution in [3.8, 4) is 0 Å². The number of amides is 1. The number of carbonyl (C=O) groups is 1. The molecule has 0 aromatic heterocycles. The van der Waals surface area contributed by atoms with Gasteiger partial charge in [-0.1, -0.05) is 6.92 Å². The molecule has 0 radical (unpaired) electrons. The van der Waals surface area contributed by atoms with Gasteiger partial charge in [-0.05, 0) is 64.8 Å². The van der Waals surface area contributed by atoms with E-state index in [1.165, 1.54) is 6.42 Å². The van der Waals surface area contributed by atoms with E-state index in [9.17, 15) is 4.79 Å². The lowest BCUT2D eigenvalue weighted by molar-refractivity contribution is 0.0231. The van der Waals surface area contributed by atoms with E-state index in [-0.39, 0.29) is 6.09 Å². The van der Waals surface area contributed by atoms with Crippen LogP contribution in [0.3, 0.4) is 0 Å². The first kappa shape index (κ1) is 16.3. The van der Waals surface area contributed by atoms with Gasteiger partial charge in [0.05, 0.1) is 0 Å². The van der Waals surface area contributed by atoms with E-state index in [2.05, 4.69) is 6.92 Å². The molecule has 0 spiro atoms. The number of ether oxygens (including phenoxy) is 1. The quantitative estimate of drug-likeness (QED) is 0.857. The topological polar surface area (TPSA) is 55.6 Å². The molecule has 1 aliphatic heterocycles. The zero-order chi connectivity index (χ0) is 14.5. The normalized spacial score (nSPS) is 25.0. The monoisotopic (exact) mass is 270 g/mol. The van der Waals surface area contributed by atoms with Crippen molar-refractivity contribution in [2.75, 3.05) is 19.6 Å². The number of carbonyl (C=O) groups excluding carboxylic acids is 1. The molecular weight excluding hydrogens is 240 g/mol. The average molecular weight is 270 g/mol. The van der Waals surface area contributed by atoms with Gasteiger partial charge in [-0.15, -0.1) is 0 Å². The molecule has 0 aromatic rings. The Bertz CT molecular complexity index is 286. The summed E-state index contributed by atoms with van der Waals surface area (Å²) in [5.74, 6) is 1.24. The third-order valence-electron chi connectivity index (χ3n) is 3.57. The highest BCUT2D eigenvalue weighted by atomic mass is 16.6. The van der Waals surface area contributed by atoms with Crippen molar-refractivity contribution in [1.82, 2.24) is 4.90 Å². The van der Waals surface area contributed by atoms with E-state index < -0.39 is 5.60 Å². The van der Waals surface area contributed by atoms with Gasteiger partial charge in [-0.3, -0.25) is 0 Å². The van der Waals surface area contributed by atoms with Crippen LogP contribution in [0.25, 0.3) is 0 Å². The molecule has 2 unspecified atom stereocenters. The summed E-state index contributed by atoms with van der Waals surface area (Å²) in [5.41, 5.74) is 5.18. The second-order valence-electron chi connectivity index (χ2n) is 6.85. The van der Waals surface area contributed by atoms with Crippen LogP contribution in [0.1, 0.15) is 53.4 Å². The van der Waals surface area contributed by atoms with Crippen LogP contribution in [-0.2, 0) is 4.74 Å². The molecule has 19 heavy (non-hydrogen) atoms. The van der Waals surface area contributed by atoms with Crippen LogP contribution < -0.4 is 5.73 Å². The molecule has 0 bridgehead atoms. The lowest BCUT2D eigenvalue weighted by atomic mass is 9.92. The molecule has 4 heteroatoms. The third-order valence-corrected chi connectivity index (χ3v) is 3.57. The maximum atomic E-state index is 12.2. The minimum absolute atomic E-state index is 0.167. The van der Waals surface area contributed by atoms with Crippen molar-refractivity contribution >= 4 is 6.09 Å². The number of nitrogens with zero attached hydrogens (tertiary/aromatic N) is 1. The van der Waals surface area contributed by atoms with Crippen LogP contribution in [0.5, 0.6) is 0 Å².